The van der Waals surface area contributed by atoms with Crippen LogP contribution >= 0.6 is 34.4 Å². The van der Waals surface area contributed by atoms with E-state index in [1.54, 1.807) is 48.5 Å². The number of hydrogen-bond donors (Lipinski definition) is 3. The number of rotatable bonds is 12. The van der Waals surface area contributed by atoms with Crippen LogP contribution in [0.5, 0.6) is 0 Å². The number of nitrogens with one attached hydrogen (secondary N) is 3. The molecule has 0 aliphatic heterocycles. The number of methoxy groups -OCH3 is 1. The van der Waals surface area contributed by atoms with Crippen LogP contribution < -0.4 is 16.0 Å². The van der Waals surface area contributed by atoms with Crippen molar-refractivity contribution >= 4 is 74.9 Å². The molecule has 0 aliphatic rings. The molecule has 5 rings (SSSR count). The maximum Gasteiger partial charge on any atom is 0.341 e. The average Bonchev–Trinajstić information content (AvgIpc) is 3.77. The van der Waals surface area contributed by atoms with E-state index in [0.717, 1.165) is 21.6 Å². The molecule has 2 aromatic heterocycles. The van der Waals surface area contributed by atoms with Crippen LogP contribution in [0.2, 0.25) is 0 Å². The molecule has 3 N–H and O–H groups in total. The van der Waals surface area contributed by atoms with E-state index in [1.165, 1.54) is 41.5 Å². The minimum atomic E-state index is -0.529. The van der Waals surface area contributed by atoms with E-state index < -0.39 is 23.0 Å². The molecule has 0 saturated heterocycles. The zero-order valence-corrected chi connectivity index (χ0v) is 28.9. The van der Waals surface area contributed by atoms with Gasteiger partial charge in [-0.3, -0.25) is 14.4 Å². The smallest absolute Gasteiger partial charge is 0.341 e. The molecule has 0 spiro atoms. The van der Waals surface area contributed by atoms with Crippen molar-refractivity contribution in [3.8, 4) is 11.1 Å². The van der Waals surface area contributed by atoms with E-state index in [1.807, 2.05) is 72.5 Å². The Labute approximate surface area is 291 Å². The fourth-order valence-corrected chi connectivity index (χ4v) is 7.28. The summed E-state index contributed by atoms with van der Waals surface area (Å²) in [6, 6.07) is 25.5. The number of benzene rings is 3. The highest BCUT2D eigenvalue weighted by molar-refractivity contribution is 8.00. The lowest BCUT2D eigenvalue weighted by atomic mass is 10.0. The number of aryl methyl sites for hydroxylation is 1. The fraction of sp³-hybridized carbons (Fsp3) is 0.135. The minimum Gasteiger partial charge on any atom is -0.465 e. The molecule has 48 heavy (non-hydrogen) atoms. The van der Waals surface area contributed by atoms with E-state index in [2.05, 4.69) is 16.0 Å². The topological polar surface area (TPSA) is 114 Å². The van der Waals surface area contributed by atoms with Gasteiger partial charge in [-0.1, -0.05) is 61.0 Å². The number of carbonyl (C=O) groups is 4. The Kier molecular flexibility index (Phi) is 11.6. The van der Waals surface area contributed by atoms with Gasteiger partial charge in [-0.15, -0.1) is 23.1 Å². The molecule has 244 valence electrons. The van der Waals surface area contributed by atoms with Crippen molar-refractivity contribution in [2.75, 3.05) is 17.7 Å². The molecule has 0 fully saturated rings. The highest BCUT2D eigenvalue weighted by Crippen LogP contribution is 2.37. The van der Waals surface area contributed by atoms with Crippen molar-refractivity contribution < 1.29 is 23.9 Å². The third-order valence-corrected chi connectivity index (χ3v) is 10.2. The summed E-state index contributed by atoms with van der Waals surface area (Å²) in [4.78, 5) is 53.5. The third kappa shape index (κ3) is 8.68. The first-order valence-corrected chi connectivity index (χ1v) is 17.7. The summed E-state index contributed by atoms with van der Waals surface area (Å²) in [7, 11) is 1.32. The Morgan fingerprint density at radius 3 is 2.38 bits per heavy atom. The first-order chi connectivity index (χ1) is 23.2. The van der Waals surface area contributed by atoms with Crippen LogP contribution in [0.1, 0.15) is 45.2 Å². The lowest BCUT2D eigenvalue weighted by molar-refractivity contribution is -0.116. The van der Waals surface area contributed by atoms with Crippen molar-refractivity contribution in [3.63, 3.8) is 0 Å². The molecule has 8 nitrogen and oxygen atoms in total. The Morgan fingerprint density at radius 2 is 1.69 bits per heavy atom. The number of anilines is 2. The van der Waals surface area contributed by atoms with E-state index in [4.69, 9.17) is 4.74 Å². The highest BCUT2D eigenvalue weighted by Gasteiger charge is 2.25. The molecular formula is C37H33N3O5S3. The lowest BCUT2D eigenvalue weighted by Gasteiger charge is -2.16. The number of thioether (sulfide) groups is 1. The Morgan fingerprint density at radius 1 is 0.917 bits per heavy atom. The van der Waals surface area contributed by atoms with E-state index >= 15 is 0 Å². The predicted octanol–water partition coefficient (Wildman–Crippen LogP) is 8.49. The average molecular weight is 696 g/mol. The molecular weight excluding hydrogens is 663 g/mol. The van der Waals surface area contributed by atoms with Gasteiger partial charge >= 0.3 is 5.97 Å². The van der Waals surface area contributed by atoms with Crippen LogP contribution in [0.25, 0.3) is 17.2 Å². The molecule has 1 unspecified atom stereocenters. The number of carbonyl (C=O) groups excluding carboxylic acids is 4. The third-order valence-electron chi connectivity index (χ3n) is 7.20. The van der Waals surface area contributed by atoms with Crippen LogP contribution in [0.4, 0.5) is 10.7 Å². The number of amides is 3. The molecule has 0 saturated carbocycles. The second kappa shape index (κ2) is 16.2. The number of esters is 1. The molecule has 0 bridgehead atoms. The van der Waals surface area contributed by atoms with Crippen molar-refractivity contribution in [3.05, 3.63) is 129 Å². The van der Waals surface area contributed by atoms with Crippen LogP contribution in [0, 0.1) is 6.92 Å². The van der Waals surface area contributed by atoms with Gasteiger partial charge in [-0.25, -0.2) is 4.79 Å². The second-order valence-corrected chi connectivity index (χ2v) is 13.6. The van der Waals surface area contributed by atoms with Crippen LogP contribution in [0.3, 0.4) is 0 Å². The van der Waals surface area contributed by atoms with Gasteiger partial charge in [0.25, 0.3) is 11.8 Å². The van der Waals surface area contributed by atoms with Gasteiger partial charge in [0.1, 0.15) is 16.3 Å². The predicted molar refractivity (Wildman–Crippen MR) is 196 cm³/mol. The first-order valence-electron chi connectivity index (χ1n) is 15.0. The molecule has 2 heterocycles. The molecule has 3 amide bonds. The summed E-state index contributed by atoms with van der Waals surface area (Å²) >= 11 is 4.10. The van der Waals surface area contributed by atoms with Crippen LogP contribution in [-0.4, -0.2) is 36.1 Å². The number of hydrogen-bond acceptors (Lipinski definition) is 8. The van der Waals surface area contributed by atoms with Gasteiger partial charge in [-0.2, -0.15) is 11.3 Å². The van der Waals surface area contributed by atoms with E-state index in [9.17, 15) is 19.2 Å². The highest BCUT2D eigenvalue weighted by atomic mass is 32.2. The van der Waals surface area contributed by atoms with Crippen molar-refractivity contribution in [2.24, 2.45) is 0 Å². The standard InChI is InChI=1S/C37H33N3O5S3/c1-4-31(35(43)40-36-32(37(44)45-3)29(22-47-36)25-15-13-23(2)14-16-25)48-28-12-8-11-27(20-28)38-34(42)30(19-24-17-18-46-21-24)39-33(41)26-9-6-5-7-10-26/h5-22,31H,4H2,1-3H3,(H,38,42)(H,39,41)(H,40,43)/b30-19-. The van der Waals surface area contributed by atoms with Crippen molar-refractivity contribution in [1.29, 1.82) is 0 Å². The maximum absolute atomic E-state index is 13.5. The largest absolute Gasteiger partial charge is 0.465 e. The van der Waals surface area contributed by atoms with Crippen molar-refractivity contribution in [1.82, 2.24) is 5.32 Å². The molecule has 5 aromatic rings. The van der Waals surface area contributed by atoms with Crippen LogP contribution in [0.15, 0.2) is 112 Å². The first kappa shape index (κ1) is 34.4. The summed E-state index contributed by atoms with van der Waals surface area (Å²) in [5, 5.41) is 14.1. The summed E-state index contributed by atoms with van der Waals surface area (Å²) in [5.74, 6) is -1.68. The maximum atomic E-state index is 13.5. The second-order valence-electron chi connectivity index (χ2n) is 10.6. The number of ether oxygens (including phenoxy) is 1. The van der Waals surface area contributed by atoms with Crippen LogP contribution in [-0.2, 0) is 14.3 Å². The summed E-state index contributed by atoms with van der Waals surface area (Å²) in [6.07, 6.45) is 2.13. The molecule has 0 aliphatic carbocycles. The fourth-order valence-electron chi connectivity index (χ4n) is 4.69. The lowest BCUT2D eigenvalue weighted by Crippen LogP contribution is -2.30. The van der Waals surface area contributed by atoms with Gasteiger partial charge in [0, 0.05) is 27.1 Å². The van der Waals surface area contributed by atoms with Gasteiger partial charge < -0.3 is 20.7 Å². The summed E-state index contributed by atoms with van der Waals surface area (Å²) in [6.45, 7) is 3.90. The Hall–Kier alpha value is -4.97. The normalized spacial score (nSPS) is 11.8. The quantitative estimate of drug-likeness (QED) is 0.0686. The Bertz CT molecular complexity index is 1930. The zero-order valence-electron chi connectivity index (χ0n) is 26.4. The van der Waals surface area contributed by atoms with Gasteiger partial charge in [-0.05, 0) is 77.7 Å². The molecule has 11 heteroatoms. The molecule has 0 radical (unpaired) electrons. The molecule has 3 aromatic carbocycles. The zero-order chi connectivity index (χ0) is 34.0. The van der Waals surface area contributed by atoms with E-state index in [0.29, 0.717) is 33.8 Å². The minimum absolute atomic E-state index is 0.0912. The molecule has 1 atom stereocenters. The van der Waals surface area contributed by atoms with E-state index in [-0.39, 0.29) is 11.6 Å². The number of thiophene rings is 2. The summed E-state index contributed by atoms with van der Waals surface area (Å²) in [5.41, 5.74) is 4.76. The summed E-state index contributed by atoms with van der Waals surface area (Å²) < 4.78 is 5.07. The van der Waals surface area contributed by atoms with Crippen molar-refractivity contribution in [2.45, 2.75) is 30.4 Å². The SMILES string of the molecule is CCC(Sc1cccc(NC(=O)/C(=C/c2ccsc2)NC(=O)c2ccccc2)c1)C(=O)Nc1scc(-c2ccc(C)cc2)c1C(=O)OC. The van der Waals surface area contributed by atoms with Gasteiger partial charge in [0.15, 0.2) is 0 Å². The van der Waals surface area contributed by atoms with Gasteiger partial charge in [0.2, 0.25) is 5.91 Å². The van der Waals surface area contributed by atoms with Gasteiger partial charge in [0.05, 0.1) is 12.4 Å². The monoisotopic (exact) mass is 695 g/mol. The Balaban J connectivity index is 1.30.